The monoisotopic (exact) mass is 346 g/mol. The summed E-state index contributed by atoms with van der Waals surface area (Å²) in [4.78, 5) is 15.7. The van der Waals surface area contributed by atoms with Crippen LogP contribution >= 0.6 is 11.6 Å². The van der Waals surface area contributed by atoms with E-state index < -0.39 is 5.82 Å². The molecule has 4 rings (SSSR count). The Morgan fingerprint density at radius 1 is 1.33 bits per heavy atom. The molecule has 124 valence electrons. The summed E-state index contributed by atoms with van der Waals surface area (Å²) in [6, 6.07) is 2.14. The van der Waals surface area contributed by atoms with E-state index in [9.17, 15) is 4.39 Å². The molecule has 8 heteroatoms. The Labute approximate surface area is 142 Å². The summed E-state index contributed by atoms with van der Waals surface area (Å²) in [6.07, 6.45) is 6.73. The van der Waals surface area contributed by atoms with Gasteiger partial charge < -0.3 is 15.6 Å². The second kappa shape index (κ2) is 6.33. The number of rotatable bonds is 4. The van der Waals surface area contributed by atoms with Crippen molar-refractivity contribution < 1.29 is 4.39 Å². The summed E-state index contributed by atoms with van der Waals surface area (Å²) in [5, 5.41) is 7.77. The highest BCUT2D eigenvalue weighted by Crippen LogP contribution is 2.28. The number of aromatic nitrogens is 4. The van der Waals surface area contributed by atoms with Crippen LogP contribution in [0.25, 0.3) is 22.4 Å². The number of H-pyrrole nitrogens is 1. The van der Waals surface area contributed by atoms with Crippen LogP contribution in [0.2, 0.25) is 5.02 Å². The van der Waals surface area contributed by atoms with Crippen LogP contribution in [0.15, 0.2) is 24.7 Å². The van der Waals surface area contributed by atoms with Crippen molar-refractivity contribution in [1.82, 2.24) is 25.3 Å². The molecule has 1 atom stereocenters. The highest BCUT2D eigenvalue weighted by atomic mass is 35.5. The standard InChI is InChI=1S/C16H16ClFN6/c17-9-4-11-12(7-22-14(11)20-5-9)15-23-8-13(18)16(24-15)21-6-10-2-1-3-19-10/h4-5,7-8,10,19H,1-3,6H2,(H,20,22)(H,21,23,24). The van der Waals surface area contributed by atoms with Gasteiger partial charge in [0.2, 0.25) is 0 Å². The van der Waals surface area contributed by atoms with Crippen molar-refractivity contribution in [2.45, 2.75) is 18.9 Å². The van der Waals surface area contributed by atoms with Gasteiger partial charge in [0.25, 0.3) is 0 Å². The quantitative estimate of drug-likeness (QED) is 0.677. The number of halogens is 2. The second-order valence-electron chi connectivity index (χ2n) is 5.82. The Hall–Kier alpha value is -2.25. The molecule has 24 heavy (non-hydrogen) atoms. The summed E-state index contributed by atoms with van der Waals surface area (Å²) in [5.74, 6) is 0.166. The van der Waals surface area contributed by atoms with Gasteiger partial charge in [0, 0.05) is 35.9 Å². The maximum absolute atomic E-state index is 14.0. The number of hydrogen-bond acceptors (Lipinski definition) is 5. The van der Waals surface area contributed by atoms with E-state index in [0.717, 1.165) is 30.3 Å². The molecule has 0 bridgehead atoms. The molecule has 0 aromatic carbocycles. The molecule has 4 heterocycles. The summed E-state index contributed by atoms with van der Waals surface area (Å²) in [5.41, 5.74) is 1.43. The lowest BCUT2D eigenvalue weighted by Gasteiger charge is -2.12. The predicted octanol–water partition coefficient (Wildman–Crippen LogP) is 2.98. The Morgan fingerprint density at radius 3 is 3.08 bits per heavy atom. The maximum Gasteiger partial charge on any atom is 0.183 e. The van der Waals surface area contributed by atoms with Crippen molar-refractivity contribution in [2.75, 3.05) is 18.4 Å². The summed E-state index contributed by atoms with van der Waals surface area (Å²) >= 11 is 6.02. The second-order valence-corrected chi connectivity index (χ2v) is 6.25. The molecule has 1 unspecified atom stereocenters. The molecule has 0 spiro atoms. The SMILES string of the molecule is Fc1cnc(-c2c[nH]c3ncc(Cl)cc23)nc1NCC1CCCN1. The Morgan fingerprint density at radius 2 is 2.25 bits per heavy atom. The fourth-order valence-electron chi connectivity index (χ4n) is 2.93. The summed E-state index contributed by atoms with van der Waals surface area (Å²) in [7, 11) is 0. The van der Waals surface area contributed by atoms with Crippen molar-refractivity contribution in [3.63, 3.8) is 0 Å². The lowest BCUT2D eigenvalue weighted by molar-refractivity contribution is 0.603. The van der Waals surface area contributed by atoms with Crippen LogP contribution in [-0.4, -0.2) is 39.1 Å². The van der Waals surface area contributed by atoms with E-state index in [1.807, 2.05) is 0 Å². The number of fused-ring (bicyclic) bond motifs is 1. The van der Waals surface area contributed by atoms with Gasteiger partial charge in [0.15, 0.2) is 17.5 Å². The lowest BCUT2D eigenvalue weighted by atomic mass is 10.2. The van der Waals surface area contributed by atoms with E-state index >= 15 is 0 Å². The summed E-state index contributed by atoms with van der Waals surface area (Å²) < 4.78 is 14.0. The van der Waals surface area contributed by atoms with Crippen molar-refractivity contribution in [3.8, 4) is 11.4 Å². The topological polar surface area (TPSA) is 78.5 Å². The van der Waals surface area contributed by atoms with Gasteiger partial charge in [-0.2, -0.15) is 0 Å². The molecular formula is C16H16ClFN6. The van der Waals surface area contributed by atoms with Crippen LogP contribution in [-0.2, 0) is 0 Å². The largest absolute Gasteiger partial charge is 0.366 e. The molecule has 0 amide bonds. The van der Waals surface area contributed by atoms with E-state index in [2.05, 4.69) is 30.6 Å². The highest BCUT2D eigenvalue weighted by Gasteiger charge is 2.16. The van der Waals surface area contributed by atoms with E-state index in [-0.39, 0.29) is 5.82 Å². The molecule has 1 saturated heterocycles. The van der Waals surface area contributed by atoms with Crippen molar-refractivity contribution in [1.29, 1.82) is 0 Å². The van der Waals surface area contributed by atoms with Crippen molar-refractivity contribution in [2.24, 2.45) is 0 Å². The van der Waals surface area contributed by atoms with E-state index in [1.165, 1.54) is 6.20 Å². The van der Waals surface area contributed by atoms with Crippen molar-refractivity contribution in [3.05, 3.63) is 35.5 Å². The Kier molecular flexibility index (Phi) is 4.03. The third-order valence-electron chi connectivity index (χ3n) is 4.16. The van der Waals surface area contributed by atoms with Gasteiger partial charge in [-0.05, 0) is 25.5 Å². The van der Waals surface area contributed by atoms with Gasteiger partial charge in [-0.3, -0.25) is 0 Å². The smallest absolute Gasteiger partial charge is 0.183 e. The van der Waals surface area contributed by atoms with Crippen molar-refractivity contribution >= 4 is 28.5 Å². The van der Waals surface area contributed by atoms with Crippen LogP contribution in [0.1, 0.15) is 12.8 Å². The number of hydrogen-bond donors (Lipinski definition) is 3. The first kappa shape index (κ1) is 15.3. The van der Waals surface area contributed by atoms with Gasteiger partial charge in [-0.1, -0.05) is 11.6 Å². The van der Waals surface area contributed by atoms with E-state index in [0.29, 0.717) is 29.1 Å². The maximum atomic E-state index is 14.0. The first-order chi connectivity index (χ1) is 11.7. The highest BCUT2D eigenvalue weighted by molar-refractivity contribution is 6.31. The Balaban J connectivity index is 1.65. The van der Waals surface area contributed by atoms with Gasteiger partial charge >= 0.3 is 0 Å². The van der Waals surface area contributed by atoms with E-state index in [4.69, 9.17) is 11.6 Å². The molecule has 0 aliphatic carbocycles. The number of anilines is 1. The average Bonchev–Trinajstić information content (AvgIpc) is 3.23. The molecule has 0 radical (unpaired) electrons. The minimum absolute atomic E-state index is 0.207. The van der Waals surface area contributed by atoms with Crippen LogP contribution in [0.5, 0.6) is 0 Å². The molecule has 1 aliphatic rings. The average molecular weight is 347 g/mol. The molecule has 1 aliphatic heterocycles. The zero-order valence-corrected chi connectivity index (χ0v) is 13.6. The van der Waals surface area contributed by atoms with Gasteiger partial charge in [-0.15, -0.1) is 0 Å². The van der Waals surface area contributed by atoms with Crippen LogP contribution in [0.3, 0.4) is 0 Å². The zero-order chi connectivity index (χ0) is 16.5. The molecule has 6 nitrogen and oxygen atoms in total. The third kappa shape index (κ3) is 2.92. The molecular weight excluding hydrogens is 331 g/mol. The van der Waals surface area contributed by atoms with Gasteiger partial charge in [0.1, 0.15) is 5.65 Å². The molecule has 3 N–H and O–H groups in total. The minimum atomic E-state index is -0.465. The van der Waals surface area contributed by atoms with Crippen LogP contribution < -0.4 is 10.6 Å². The summed E-state index contributed by atoms with van der Waals surface area (Å²) in [6.45, 7) is 1.64. The molecule has 3 aromatic heterocycles. The number of nitrogens with zero attached hydrogens (tertiary/aromatic N) is 3. The molecule has 1 fully saturated rings. The first-order valence-electron chi connectivity index (χ1n) is 7.83. The van der Waals surface area contributed by atoms with E-state index in [1.54, 1.807) is 18.5 Å². The fraction of sp³-hybridized carbons (Fsp3) is 0.312. The molecule has 0 saturated carbocycles. The fourth-order valence-corrected chi connectivity index (χ4v) is 3.09. The minimum Gasteiger partial charge on any atom is -0.366 e. The van der Waals surface area contributed by atoms with Crippen LogP contribution in [0.4, 0.5) is 10.2 Å². The predicted molar refractivity (Wildman–Crippen MR) is 91.6 cm³/mol. The number of nitrogens with one attached hydrogen (secondary N) is 3. The zero-order valence-electron chi connectivity index (χ0n) is 12.8. The number of aromatic amines is 1. The van der Waals surface area contributed by atoms with Gasteiger partial charge in [-0.25, -0.2) is 19.3 Å². The van der Waals surface area contributed by atoms with Gasteiger partial charge in [0.05, 0.1) is 11.2 Å². The normalized spacial score (nSPS) is 17.5. The number of pyridine rings is 1. The lowest BCUT2D eigenvalue weighted by Crippen LogP contribution is -2.29. The Bertz CT molecular complexity index is 874. The first-order valence-corrected chi connectivity index (χ1v) is 8.21. The third-order valence-corrected chi connectivity index (χ3v) is 4.37. The van der Waals surface area contributed by atoms with Crippen LogP contribution in [0, 0.1) is 5.82 Å². The molecule has 3 aromatic rings.